The van der Waals surface area contributed by atoms with Crippen LogP contribution in [0.3, 0.4) is 0 Å². The molecule has 4 atom stereocenters. The highest BCUT2D eigenvalue weighted by Gasteiger charge is 2.17. The Labute approximate surface area is 210 Å². The van der Waals surface area contributed by atoms with E-state index in [0.717, 1.165) is 49.7 Å². The second kappa shape index (κ2) is 16.1. The summed E-state index contributed by atoms with van der Waals surface area (Å²) in [7, 11) is 0. The van der Waals surface area contributed by atoms with Gasteiger partial charge in [-0.25, -0.2) is 8.78 Å². The second-order valence-corrected chi connectivity index (χ2v) is 11.3. The summed E-state index contributed by atoms with van der Waals surface area (Å²) in [6, 6.07) is 0. The maximum absolute atomic E-state index is 14.8. The molecule has 0 nitrogen and oxygen atoms in total. The monoisotopic (exact) mass is 474 g/mol. The molecule has 0 aromatic heterocycles. The first-order valence-electron chi connectivity index (χ1n) is 13.2. The van der Waals surface area contributed by atoms with Crippen LogP contribution in [0.15, 0.2) is 72.4 Å². The maximum Gasteiger partial charge on any atom is 0.126 e. The molecule has 194 valence electrons. The van der Waals surface area contributed by atoms with Gasteiger partial charge in [-0.2, -0.15) is 0 Å². The first-order chi connectivity index (χ1) is 15.7. The lowest BCUT2D eigenvalue weighted by molar-refractivity contribution is 0.476. The summed E-state index contributed by atoms with van der Waals surface area (Å²) in [5.74, 6) is 1.13. The molecular formula is C32H52F2. The molecule has 0 spiro atoms. The summed E-state index contributed by atoms with van der Waals surface area (Å²) in [6.07, 6.45) is 8.73. The number of allylic oxidation sites excluding steroid dienone is 8. The van der Waals surface area contributed by atoms with Gasteiger partial charge in [0.2, 0.25) is 0 Å². The molecule has 0 radical (unpaired) electrons. The molecule has 0 aliphatic carbocycles. The number of hydrogen-bond acceptors (Lipinski definition) is 0. The van der Waals surface area contributed by atoms with E-state index in [1.165, 1.54) is 6.08 Å². The van der Waals surface area contributed by atoms with Crippen LogP contribution < -0.4 is 0 Å². The lowest BCUT2D eigenvalue weighted by atomic mass is 9.87. The zero-order valence-corrected chi connectivity index (χ0v) is 23.4. The quantitative estimate of drug-likeness (QED) is 0.184. The normalized spacial score (nSPS) is 16.4. The predicted octanol–water partition coefficient (Wildman–Crippen LogP) is 11.1. The zero-order chi connectivity index (χ0) is 26.6. The molecule has 0 aromatic rings. The summed E-state index contributed by atoms with van der Waals surface area (Å²) in [5, 5.41) is 0. The summed E-state index contributed by atoms with van der Waals surface area (Å²) in [6.45, 7) is 33.0. The first-order valence-corrected chi connectivity index (χ1v) is 13.2. The second-order valence-electron chi connectivity index (χ2n) is 11.3. The van der Waals surface area contributed by atoms with Gasteiger partial charge in [-0.05, 0) is 95.6 Å². The van der Waals surface area contributed by atoms with E-state index in [1.54, 1.807) is 6.08 Å². The topological polar surface area (TPSA) is 0 Å². The lowest BCUT2D eigenvalue weighted by Crippen LogP contribution is -2.06. The van der Waals surface area contributed by atoms with Crippen LogP contribution in [0.2, 0.25) is 0 Å². The van der Waals surface area contributed by atoms with E-state index in [2.05, 4.69) is 60.9 Å². The van der Waals surface area contributed by atoms with E-state index in [-0.39, 0.29) is 35.3 Å². The average molecular weight is 475 g/mol. The van der Waals surface area contributed by atoms with Gasteiger partial charge in [0.25, 0.3) is 0 Å². The highest BCUT2D eigenvalue weighted by Crippen LogP contribution is 2.31. The number of halogens is 2. The Morgan fingerprint density at radius 3 is 1.09 bits per heavy atom. The molecule has 0 saturated carbocycles. The van der Waals surface area contributed by atoms with Crippen LogP contribution >= 0.6 is 0 Å². The molecule has 0 aromatic carbocycles. The zero-order valence-electron chi connectivity index (χ0n) is 23.4. The van der Waals surface area contributed by atoms with Crippen molar-refractivity contribution in [1.82, 2.24) is 0 Å². The van der Waals surface area contributed by atoms with Crippen molar-refractivity contribution in [2.45, 2.75) is 93.9 Å². The highest BCUT2D eigenvalue weighted by molar-refractivity contribution is 5.33. The van der Waals surface area contributed by atoms with Gasteiger partial charge < -0.3 is 0 Å². The third kappa shape index (κ3) is 12.7. The van der Waals surface area contributed by atoms with Crippen molar-refractivity contribution in [2.24, 2.45) is 35.5 Å². The maximum atomic E-state index is 14.8. The van der Waals surface area contributed by atoms with Crippen molar-refractivity contribution in [3.63, 3.8) is 0 Å². The smallest absolute Gasteiger partial charge is 0.126 e. The first kappa shape index (κ1) is 32.3. The van der Waals surface area contributed by atoms with Crippen molar-refractivity contribution in [3.05, 3.63) is 72.4 Å². The van der Waals surface area contributed by atoms with Gasteiger partial charge in [0, 0.05) is 0 Å². The summed E-state index contributed by atoms with van der Waals surface area (Å²) >= 11 is 0. The SMILES string of the molecule is C=C(/C=C(/F)C(=C)C(C)CCC(C)C(=C)/C=C(/F)C(=C)C(C)CCC(C)C)C(C)CCC(C)C. The molecule has 0 fully saturated rings. The molecule has 0 rings (SSSR count). The van der Waals surface area contributed by atoms with Crippen molar-refractivity contribution < 1.29 is 8.78 Å². The van der Waals surface area contributed by atoms with Gasteiger partial charge >= 0.3 is 0 Å². The molecule has 0 saturated heterocycles. The molecule has 0 amide bonds. The minimum atomic E-state index is -0.280. The highest BCUT2D eigenvalue weighted by atomic mass is 19.1. The van der Waals surface area contributed by atoms with E-state index in [4.69, 9.17) is 0 Å². The summed E-state index contributed by atoms with van der Waals surface area (Å²) < 4.78 is 29.5. The van der Waals surface area contributed by atoms with E-state index >= 15 is 0 Å². The Kier molecular flexibility index (Phi) is 15.3. The van der Waals surface area contributed by atoms with Gasteiger partial charge in [-0.1, -0.05) is 94.5 Å². The van der Waals surface area contributed by atoms with E-state index < -0.39 is 0 Å². The standard InChI is InChI=1S/C32H52F2/c1-21(2)13-15-23(5)27(9)19-32(34)30(12)26(8)18-17-24(6)28(10)20-31(33)29(11)25(7)16-14-22(3)4/h19-26H,9-18H2,1-8H3/b31-20+,32-19+. The Morgan fingerprint density at radius 1 is 0.500 bits per heavy atom. The molecule has 0 N–H and O–H groups in total. The molecule has 34 heavy (non-hydrogen) atoms. The van der Waals surface area contributed by atoms with E-state index in [0.29, 0.717) is 23.0 Å². The van der Waals surface area contributed by atoms with E-state index in [9.17, 15) is 8.78 Å². The third-order valence-electron chi connectivity index (χ3n) is 7.08. The Balaban J connectivity index is 4.82. The Morgan fingerprint density at radius 2 is 0.765 bits per heavy atom. The lowest BCUT2D eigenvalue weighted by Gasteiger charge is -2.19. The summed E-state index contributed by atoms with van der Waals surface area (Å²) in [5.41, 5.74) is 2.61. The Hall–Kier alpha value is -1.70. The third-order valence-corrected chi connectivity index (χ3v) is 7.08. The molecule has 0 aliphatic heterocycles. The van der Waals surface area contributed by atoms with Gasteiger partial charge in [-0.3, -0.25) is 0 Å². The van der Waals surface area contributed by atoms with Gasteiger partial charge in [0.15, 0.2) is 0 Å². The van der Waals surface area contributed by atoms with Crippen LogP contribution in [0.5, 0.6) is 0 Å². The number of rotatable bonds is 17. The van der Waals surface area contributed by atoms with Gasteiger partial charge in [0.05, 0.1) is 0 Å². The molecular weight excluding hydrogens is 422 g/mol. The minimum absolute atomic E-state index is 0.00915. The van der Waals surface area contributed by atoms with Crippen molar-refractivity contribution in [2.75, 3.05) is 0 Å². The fraction of sp³-hybridized carbons (Fsp3) is 0.625. The largest absolute Gasteiger partial charge is 0.207 e. The van der Waals surface area contributed by atoms with Gasteiger partial charge in [0.1, 0.15) is 11.7 Å². The van der Waals surface area contributed by atoms with Crippen molar-refractivity contribution in [1.29, 1.82) is 0 Å². The van der Waals surface area contributed by atoms with Crippen LogP contribution in [0, 0.1) is 35.5 Å². The molecule has 4 unspecified atom stereocenters. The fourth-order valence-electron chi connectivity index (χ4n) is 3.65. The predicted molar refractivity (Wildman–Crippen MR) is 149 cm³/mol. The summed E-state index contributed by atoms with van der Waals surface area (Å²) in [4.78, 5) is 0. The van der Waals surface area contributed by atoms with Crippen LogP contribution in [0.25, 0.3) is 0 Å². The van der Waals surface area contributed by atoms with Crippen LogP contribution in [0.1, 0.15) is 93.9 Å². The molecule has 0 bridgehead atoms. The van der Waals surface area contributed by atoms with Crippen LogP contribution in [0.4, 0.5) is 8.78 Å². The number of hydrogen-bond donors (Lipinski definition) is 0. The minimum Gasteiger partial charge on any atom is -0.207 e. The van der Waals surface area contributed by atoms with E-state index in [1.807, 2.05) is 20.8 Å². The van der Waals surface area contributed by atoms with Crippen LogP contribution in [-0.4, -0.2) is 0 Å². The average Bonchev–Trinajstić information content (AvgIpc) is 2.77. The molecule has 2 heteroatoms. The fourth-order valence-corrected chi connectivity index (χ4v) is 3.65. The molecule has 0 heterocycles. The van der Waals surface area contributed by atoms with Crippen molar-refractivity contribution >= 4 is 0 Å². The van der Waals surface area contributed by atoms with Gasteiger partial charge in [-0.15, -0.1) is 0 Å². The van der Waals surface area contributed by atoms with Crippen LogP contribution in [-0.2, 0) is 0 Å². The van der Waals surface area contributed by atoms with Crippen molar-refractivity contribution in [3.8, 4) is 0 Å². The Bertz CT molecular complexity index is 747. The molecule has 0 aliphatic rings.